The van der Waals surface area contributed by atoms with Crippen molar-refractivity contribution < 1.29 is 22.3 Å². The van der Waals surface area contributed by atoms with Crippen LogP contribution in [0.4, 0.5) is 23.2 Å². The minimum atomic E-state index is -4.25. The molecule has 0 amide bonds. The molecule has 0 aliphatic carbocycles. The zero-order chi connectivity index (χ0) is 18.0. The number of rotatable bonds is 5. The number of aromatic amines is 1. The molecule has 3 rings (SSSR count). The van der Waals surface area contributed by atoms with Crippen molar-refractivity contribution in [2.75, 3.05) is 11.9 Å². The van der Waals surface area contributed by atoms with E-state index >= 15 is 0 Å². The zero-order valence-electron chi connectivity index (χ0n) is 13.2. The quantitative estimate of drug-likeness (QED) is 0.623. The molecule has 8 heteroatoms. The molecule has 0 aliphatic rings. The number of aromatic nitrogens is 2. The minimum absolute atomic E-state index is 0.284. The molecule has 3 aromatic rings. The van der Waals surface area contributed by atoms with Crippen LogP contribution in [0.15, 0.2) is 36.7 Å². The van der Waals surface area contributed by atoms with E-state index in [2.05, 4.69) is 15.3 Å². The normalized spacial score (nSPS) is 11.7. The summed E-state index contributed by atoms with van der Waals surface area (Å²) in [6, 6.07) is 7.46. The van der Waals surface area contributed by atoms with E-state index in [1.54, 1.807) is 25.1 Å². The fraction of sp³-hybridized carbons (Fsp3) is 0.235. The molecule has 2 aromatic carbocycles. The first-order valence-electron chi connectivity index (χ1n) is 7.53. The van der Waals surface area contributed by atoms with E-state index in [-0.39, 0.29) is 6.54 Å². The minimum Gasteiger partial charge on any atom is -0.457 e. The third-order valence-corrected chi connectivity index (χ3v) is 3.47. The standard InChI is InChI=1S/C17H15F4N3O/c1-10-4-11(18)6-12(5-10)25-13-7-14(22-3-2-17(19,20)21)16-15(8-13)23-9-24-16/h4-9,22H,2-3H2,1H3,(H,23,24). The van der Waals surface area contributed by atoms with Crippen LogP contribution in [-0.2, 0) is 0 Å². The van der Waals surface area contributed by atoms with E-state index in [4.69, 9.17) is 4.74 Å². The fourth-order valence-corrected chi connectivity index (χ4v) is 2.45. The van der Waals surface area contributed by atoms with Crippen molar-refractivity contribution in [3.05, 3.63) is 48.0 Å². The maximum absolute atomic E-state index is 13.5. The molecule has 0 unspecified atom stereocenters. The highest BCUT2D eigenvalue weighted by atomic mass is 19.4. The summed E-state index contributed by atoms with van der Waals surface area (Å²) in [7, 11) is 0. The van der Waals surface area contributed by atoms with Gasteiger partial charge in [-0.05, 0) is 24.6 Å². The number of nitrogens with one attached hydrogen (secondary N) is 2. The maximum Gasteiger partial charge on any atom is 0.390 e. The Morgan fingerprint density at radius 1 is 1.12 bits per heavy atom. The predicted molar refractivity (Wildman–Crippen MR) is 86.5 cm³/mol. The van der Waals surface area contributed by atoms with E-state index in [1.165, 1.54) is 18.5 Å². The van der Waals surface area contributed by atoms with Crippen LogP contribution in [0.3, 0.4) is 0 Å². The number of benzene rings is 2. The van der Waals surface area contributed by atoms with Crippen LogP contribution in [0, 0.1) is 12.7 Å². The Morgan fingerprint density at radius 2 is 1.88 bits per heavy atom. The lowest BCUT2D eigenvalue weighted by molar-refractivity contribution is -0.131. The van der Waals surface area contributed by atoms with Gasteiger partial charge in [-0.3, -0.25) is 0 Å². The summed E-state index contributed by atoms with van der Waals surface area (Å²) >= 11 is 0. The molecule has 1 aromatic heterocycles. The van der Waals surface area contributed by atoms with Crippen LogP contribution >= 0.6 is 0 Å². The Balaban J connectivity index is 1.86. The van der Waals surface area contributed by atoms with E-state index in [9.17, 15) is 17.6 Å². The van der Waals surface area contributed by atoms with Gasteiger partial charge in [0.1, 0.15) is 22.8 Å². The van der Waals surface area contributed by atoms with Crippen LogP contribution < -0.4 is 10.1 Å². The SMILES string of the molecule is Cc1cc(F)cc(Oc2cc(NCCC(F)(F)F)c3nc[nH]c3c2)c1. The first-order chi connectivity index (χ1) is 11.8. The van der Waals surface area contributed by atoms with Crippen molar-refractivity contribution in [2.45, 2.75) is 19.5 Å². The molecule has 0 spiro atoms. The molecule has 0 fully saturated rings. The largest absolute Gasteiger partial charge is 0.457 e. The number of alkyl halides is 3. The van der Waals surface area contributed by atoms with Crippen LogP contribution in [0.2, 0.25) is 0 Å². The Morgan fingerprint density at radius 3 is 2.60 bits per heavy atom. The van der Waals surface area contributed by atoms with Gasteiger partial charge < -0.3 is 15.0 Å². The average Bonchev–Trinajstić information content (AvgIpc) is 2.93. The number of halogens is 4. The van der Waals surface area contributed by atoms with Gasteiger partial charge in [-0.25, -0.2) is 9.37 Å². The lowest BCUT2D eigenvalue weighted by Gasteiger charge is -2.12. The summed E-state index contributed by atoms with van der Waals surface area (Å²) in [6.45, 7) is 1.45. The summed E-state index contributed by atoms with van der Waals surface area (Å²) in [5, 5.41) is 2.72. The number of H-pyrrole nitrogens is 1. The molecule has 0 aliphatic heterocycles. The highest BCUT2D eigenvalue weighted by molar-refractivity contribution is 5.89. The zero-order valence-corrected chi connectivity index (χ0v) is 13.2. The van der Waals surface area contributed by atoms with Crippen LogP contribution in [0.1, 0.15) is 12.0 Å². The highest BCUT2D eigenvalue weighted by Gasteiger charge is 2.26. The lowest BCUT2D eigenvalue weighted by Crippen LogP contribution is -2.14. The third-order valence-electron chi connectivity index (χ3n) is 3.47. The number of hydrogen-bond acceptors (Lipinski definition) is 3. The number of nitrogens with zero attached hydrogens (tertiary/aromatic N) is 1. The molecule has 132 valence electrons. The summed E-state index contributed by atoms with van der Waals surface area (Å²) in [5.41, 5.74) is 2.21. The van der Waals surface area contributed by atoms with E-state index in [1.807, 2.05) is 0 Å². The molecule has 0 bridgehead atoms. The second-order valence-electron chi connectivity index (χ2n) is 5.63. The summed E-state index contributed by atoms with van der Waals surface area (Å²) < 4.78 is 56.1. The van der Waals surface area contributed by atoms with Gasteiger partial charge in [0.25, 0.3) is 0 Å². The molecule has 2 N–H and O–H groups in total. The topological polar surface area (TPSA) is 49.9 Å². The Labute approximate surface area is 140 Å². The monoisotopic (exact) mass is 353 g/mol. The van der Waals surface area contributed by atoms with Crippen LogP contribution in [0.25, 0.3) is 11.0 Å². The number of imidazole rings is 1. The van der Waals surface area contributed by atoms with Gasteiger partial charge in [-0.1, -0.05) is 0 Å². The third kappa shape index (κ3) is 4.40. The van der Waals surface area contributed by atoms with E-state index in [0.717, 1.165) is 0 Å². The molecule has 0 saturated heterocycles. The number of aryl methyl sites for hydroxylation is 1. The van der Waals surface area contributed by atoms with Crippen LogP contribution in [-0.4, -0.2) is 22.7 Å². The predicted octanol–water partition coefficient (Wildman–Crippen LogP) is 5.17. The number of anilines is 1. The van der Waals surface area contributed by atoms with Gasteiger partial charge in [-0.15, -0.1) is 0 Å². The first kappa shape index (κ1) is 17.1. The molecule has 1 heterocycles. The number of hydrogen-bond donors (Lipinski definition) is 2. The van der Waals surface area contributed by atoms with Crippen molar-refractivity contribution in [3.8, 4) is 11.5 Å². The van der Waals surface area contributed by atoms with Crippen molar-refractivity contribution in [1.82, 2.24) is 9.97 Å². The van der Waals surface area contributed by atoms with Crippen molar-refractivity contribution in [1.29, 1.82) is 0 Å². The van der Waals surface area contributed by atoms with Gasteiger partial charge in [-0.2, -0.15) is 13.2 Å². The molecule has 0 radical (unpaired) electrons. The molecule has 25 heavy (non-hydrogen) atoms. The first-order valence-corrected chi connectivity index (χ1v) is 7.53. The summed E-state index contributed by atoms with van der Waals surface area (Å²) in [5.74, 6) is 0.231. The van der Waals surface area contributed by atoms with Gasteiger partial charge >= 0.3 is 6.18 Å². The number of ether oxygens (including phenoxy) is 1. The Kier molecular flexibility index (Phi) is 4.52. The van der Waals surface area contributed by atoms with Gasteiger partial charge in [0.2, 0.25) is 0 Å². The maximum atomic E-state index is 13.5. The highest BCUT2D eigenvalue weighted by Crippen LogP contribution is 2.31. The average molecular weight is 353 g/mol. The summed E-state index contributed by atoms with van der Waals surface area (Å²) in [4.78, 5) is 6.98. The summed E-state index contributed by atoms with van der Waals surface area (Å²) in [6.07, 6.45) is -3.77. The molecular formula is C17H15F4N3O. The fourth-order valence-electron chi connectivity index (χ4n) is 2.45. The smallest absolute Gasteiger partial charge is 0.390 e. The van der Waals surface area contributed by atoms with E-state index < -0.39 is 18.4 Å². The Bertz CT molecular complexity index is 869. The van der Waals surface area contributed by atoms with Crippen molar-refractivity contribution in [3.63, 3.8) is 0 Å². The molecule has 4 nitrogen and oxygen atoms in total. The second kappa shape index (κ2) is 6.62. The Hall–Kier alpha value is -2.77. The van der Waals surface area contributed by atoms with Crippen molar-refractivity contribution >= 4 is 16.7 Å². The van der Waals surface area contributed by atoms with Gasteiger partial charge in [0.15, 0.2) is 0 Å². The van der Waals surface area contributed by atoms with E-state index in [0.29, 0.717) is 33.8 Å². The van der Waals surface area contributed by atoms with Crippen molar-refractivity contribution in [2.24, 2.45) is 0 Å². The molecule has 0 atom stereocenters. The second-order valence-corrected chi connectivity index (χ2v) is 5.63. The molecular weight excluding hydrogens is 338 g/mol. The van der Waals surface area contributed by atoms with Gasteiger partial charge in [0, 0.05) is 24.7 Å². The van der Waals surface area contributed by atoms with Crippen LogP contribution in [0.5, 0.6) is 11.5 Å². The molecule has 0 saturated carbocycles. The van der Waals surface area contributed by atoms with Gasteiger partial charge in [0.05, 0.1) is 24.0 Å². The lowest BCUT2D eigenvalue weighted by atomic mass is 10.2. The number of fused-ring (bicyclic) bond motifs is 1.